The van der Waals surface area contributed by atoms with Crippen molar-refractivity contribution in [3.8, 4) is 5.75 Å². The summed E-state index contributed by atoms with van der Waals surface area (Å²) in [6, 6.07) is 6.15. The van der Waals surface area contributed by atoms with Crippen LogP contribution in [0.25, 0.3) is 0 Å². The number of aromatic nitrogens is 3. The van der Waals surface area contributed by atoms with Gasteiger partial charge in [0.15, 0.2) is 17.4 Å². The van der Waals surface area contributed by atoms with Crippen LogP contribution in [0.15, 0.2) is 24.3 Å². The molecule has 0 spiro atoms. The van der Waals surface area contributed by atoms with Crippen LogP contribution in [-0.2, 0) is 4.74 Å². The van der Waals surface area contributed by atoms with Crippen LogP contribution < -0.4 is 4.74 Å². The minimum atomic E-state index is -0.725. The lowest BCUT2D eigenvalue weighted by molar-refractivity contribution is -0.0494. The smallest absolute Gasteiger partial charge is 0.180 e. The third-order valence-corrected chi connectivity index (χ3v) is 3.79. The standard InChI is InChI=1S/C16H21FN4O3/c1-11-18-16(20-19-11)15-9-21(6-7-23-15)8-12(22)10-24-14-5-3-2-4-13(14)17/h2-5,12,15,22H,6-10H2,1H3,(H,18,19,20)/t12-,15-/m1/s1. The number of H-pyrrole nitrogens is 1. The fraction of sp³-hybridized carbons (Fsp3) is 0.500. The van der Waals surface area contributed by atoms with E-state index in [0.29, 0.717) is 32.1 Å². The summed E-state index contributed by atoms with van der Waals surface area (Å²) in [7, 11) is 0. The van der Waals surface area contributed by atoms with Gasteiger partial charge in [-0.25, -0.2) is 9.37 Å². The van der Waals surface area contributed by atoms with Gasteiger partial charge < -0.3 is 14.6 Å². The SMILES string of the molecule is Cc1nc([C@H]2CN(C[C@@H](O)COc3ccccc3F)CCO2)n[nH]1. The summed E-state index contributed by atoms with van der Waals surface area (Å²) in [4.78, 5) is 6.35. The number of nitrogens with one attached hydrogen (secondary N) is 1. The Kier molecular flexibility index (Phi) is 5.39. The second kappa shape index (κ2) is 7.69. The van der Waals surface area contributed by atoms with E-state index in [1.807, 2.05) is 6.92 Å². The molecule has 1 aromatic heterocycles. The maximum Gasteiger partial charge on any atom is 0.180 e. The Bertz CT molecular complexity index is 666. The molecular weight excluding hydrogens is 315 g/mol. The fourth-order valence-corrected chi connectivity index (χ4v) is 2.63. The summed E-state index contributed by atoms with van der Waals surface area (Å²) in [5, 5.41) is 17.1. The van der Waals surface area contributed by atoms with E-state index in [1.54, 1.807) is 18.2 Å². The number of nitrogens with zero attached hydrogens (tertiary/aromatic N) is 3. The molecule has 0 aliphatic carbocycles. The topological polar surface area (TPSA) is 83.5 Å². The summed E-state index contributed by atoms with van der Waals surface area (Å²) in [6.07, 6.45) is -0.944. The average Bonchev–Trinajstić information content (AvgIpc) is 3.01. The molecule has 7 nitrogen and oxygen atoms in total. The number of morpholine rings is 1. The van der Waals surface area contributed by atoms with Crippen LogP contribution in [0.5, 0.6) is 5.75 Å². The predicted molar refractivity (Wildman–Crippen MR) is 84.2 cm³/mol. The largest absolute Gasteiger partial charge is 0.488 e. The summed E-state index contributed by atoms with van der Waals surface area (Å²) in [5.74, 6) is 1.07. The number of halogens is 1. The molecule has 2 heterocycles. The number of aliphatic hydroxyl groups excluding tert-OH is 1. The summed E-state index contributed by atoms with van der Waals surface area (Å²) in [5.41, 5.74) is 0. The van der Waals surface area contributed by atoms with Crippen LogP contribution in [0.4, 0.5) is 4.39 Å². The van der Waals surface area contributed by atoms with Crippen molar-refractivity contribution in [1.82, 2.24) is 20.1 Å². The first-order chi connectivity index (χ1) is 11.6. The number of benzene rings is 1. The van der Waals surface area contributed by atoms with Crippen LogP contribution in [0.2, 0.25) is 0 Å². The number of rotatable bonds is 6. The van der Waals surface area contributed by atoms with Crippen LogP contribution in [-0.4, -0.2) is 64.1 Å². The third-order valence-electron chi connectivity index (χ3n) is 3.79. The second-order valence-electron chi connectivity index (χ2n) is 5.79. The van der Waals surface area contributed by atoms with Gasteiger partial charge in [0.05, 0.1) is 6.61 Å². The van der Waals surface area contributed by atoms with Gasteiger partial charge in [-0.2, -0.15) is 5.10 Å². The zero-order valence-corrected chi connectivity index (χ0v) is 13.5. The van der Waals surface area contributed by atoms with E-state index < -0.39 is 11.9 Å². The van der Waals surface area contributed by atoms with E-state index in [9.17, 15) is 9.50 Å². The van der Waals surface area contributed by atoms with Crippen molar-refractivity contribution in [1.29, 1.82) is 0 Å². The summed E-state index contributed by atoms with van der Waals surface area (Å²) in [6.45, 7) is 4.12. The lowest BCUT2D eigenvalue weighted by atomic mass is 10.2. The molecule has 1 aliphatic rings. The van der Waals surface area contributed by atoms with Crippen molar-refractivity contribution in [3.05, 3.63) is 41.7 Å². The molecular formula is C16H21FN4O3. The van der Waals surface area contributed by atoms with Crippen molar-refractivity contribution in [2.24, 2.45) is 0 Å². The van der Waals surface area contributed by atoms with Gasteiger partial charge in [0.1, 0.15) is 24.6 Å². The van der Waals surface area contributed by atoms with E-state index in [0.717, 1.165) is 5.82 Å². The number of hydrogen-bond acceptors (Lipinski definition) is 6. The number of hydrogen-bond donors (Lipinski definition) is 2. The van der Waals surface area contributed by atoms with Gasteiger partial charge in [-0.1, -0.05) is 12.1 Å². The molecule has 1 fully saturated rings. The highest BCUT2D eigenvalue weighted by Gasteiger charge is 2.26. The number of para-hydroxylation sites is 1. The Morgan fingerprint density at radius 1 is 1.50 bits per heavy atom. The minimum absolute atomic E-state index is 0.0305. The van der Waals surface area contributed by atoms with Crippen molar-refractivity contribution < 1.29 is 19.0 Å². The lowest BCUT2D eigenvalue weighted by Gasteiger charge is -2.32. The molecule has 24 heavy (non-hydrogen) atoms. The number of ether oxygens (including phenoxy) is 2. The van der Waals surface area contributed by atoms with Gasteiger partial charge in [-0.05, 0) is 19.1 Å². The first-order valence-corrected chi connectivity index (χ1v) is 7.90. The van der Waals surface area contributed by atoms with Crippen molar-refractivity contribution in [3.63, 3.8) is 0 Å². The van der Waals surface area contributed by atoms with Gasteiger partial charge in [-0.3, -0.25) is 10.00 Å². The van der Waals surface area contributed by atoms with Gasteiger partial charge in [0, 0.05) is 19.6 Å². The minimum Gasteiger partial charge on any atom is -0.488 e. The molecule has 1 saturated heterocycles. The van der Waals surface area contributed by atoms with E-state index in [-0.39, 0.29) is 18.5 Å². The van der Waals surface area contributed by atoms with E-state index in [1.165, 1.54) is 6.07 Å². The van der Waals surface area contributed by atoms with Crippen LogP contribution in [0.3, 0.4) is 0 Å². The number of aromatic amines is 1. The Hall–Kier alpha value is -2.03. The van der Waals surface area contributed by atoms with E-state index >= 15 is 0 Å². The number of β-amino-alcohol motifs (C(OH)–C–C–N with tert-alkyl or cyclic N) is 1. The molecule has 0 saturated carbocycles. The first-order valence-electron chi connectivity index (χ1n) is 7.90. The Balaban J connectivity index is 1.49. The highest BCUT2D eigenvalue weighted by Crippen LogP contribution is 2.19. The zero-order valence-electron chi connectivity index (χ0n) is 13.5. The zero-order chi connectivity index (χ0) is 16.9. The lowest BCUT2D eigenvalue weighted by Crippen LogP contribution is -2.44. The van der Waals surface area contributed by atoms with E-state index in [4.69, 9.17) is 9.47 Å². The molecule has 0 bridgehead atoms. The van der Waals surface area contributed by atoms with Crippen LogP contribution >= 0.6 is 0 Å². The van der Waals surface area contributed by atoms with Crippen molar-refractivity contribution >= 4 is 0 Å². The summed E-state index contributed by atoms with van der Waals surface area (Å²) < 4.78 is 24.5. The second-order valence-corrected chi connectivity index (χ2v) is 5.79. The molecule has 130 valence electrons. The number of aliphatic hydroxyl groups is 1. The molecule has 0 radical (unpaired) electrons. The van der Waals surface area contributed by atoms with Gasteiger partial charge >= 0.3 is 0 Å². The molecule has 2 aromatic rings. The molecule has 0 amide bonds. The van der Waals surface area contributed by atoms with Crippen molar-refractivity contribution in [2.45, 2.75) is 19.1 Å². The quantitative estimate of drug-likeness (QED) is 0.821. The molecule has 0 unspecified atom stereocenters. The number of aryl methyl sites for hydroxylation is 1. The molecule has 8 heteroatoms. The third kappa shape index (κ3) is 4.28. The Morgan fingerprint density at radius 2 is 2.33 bits per heavy atom. The fourth-order valence-electron chi connectivity index (χ4n) is 2.63. The van der Waals surface area contributed by atoms with Gasteiger partial charge in [-0.15, -0.1) is 0 Å². The van der Waals surface area contributed by atoms with Crippen molar-refractivity contribution in [2.75, 3.05) is 32.8 Å². The van der Waals surface area contributed by atoms with Gasteiger partial charge in [0.25, 0.3) is 0 Å². The first kappa shape index (κ1) is 16.8. The molecule has 1 aliphatic heterocycles. The maximum atomic E-state index is 13.5. The highest BCUT2D eigenvalue weighted by atomic mass is 19.1. The Morgan fingerprint density at radius 3 is 3.08 bits per heavy atom. The van der Waals surface area contributed by atoms with E-state index in [2.05, 4.69) is 20.1 Å². The predicted octanol–water partition coefficient (Wildman–Crippen LogP) is 1.07. The molecule has 3 rings (SSSR count). The molecule has 2 atom stereocenters. The van der Waals surface area contributed by atoms with Crippen LogP contribution in [0, 0.1) is 12.7 Å². The van der Waals surface area contributed by atoms with Crippen LogP contribution in [0.1, 0.15) is 17.8 Å². The average molecular weight is 336 g/mol. The Labute approximate surface area is 139 Å². The normalized spacial score (nSPS) is 20.0. The van der Waals surface area contributed by atoms with Gasteiger partial charge in [0.2, 0.25) is 0 Å². The summed E-state index contributed by atoms with van der Waals surface area (Å²) >= 11 is 0. The molecule has 1 aromatic carbocycles. The molecule has 2 N–H and O–H groups in total. The monoisotopic (exact) mass is 336 g/mol. The maximum absolute atomic E-state index is 13.5. The highest BCUT2D eigenvalue weighted by molar-refractivity contribution is 5.23.